The number of carbonyl (C=O) groups excluding carboxylic acids is 2. The van der Waals surface area contributed by atoms with Gasteiger partial charge in [0.2, 0.25) is 5.75 Å². The monoisotopic (exact) mass is 558 g/mol. The van der Waals surface area contributed by atoms with E-state index in [1.54, 1.807) is 26.0 Å². The third-order valence-electron chi connectivity index (χ3n) is 6.87. The van der Waals surface area contributed by atoms with E-state index < -0.39 is 29.3 Å². The first-order valence-electron chi connectivity index (χ1n) is 13.0. The largest absolute Gasteiger partial charge is 0.507 e. The van der Waals surface area contributed by atoms with E-state index in [0.29, 0.717) is 55.7 Å². The minimum absolute atomic E-state index is 0.0127. The van der Waals surface area contributed by atoms with Crippen LogP contribution < -0.4 is 18.9 Å². The Labute approximate surface area is 232 Å². The van der Waals surface area contributed by atoms with E-state index in [9.17, 15) is 19.1 Å². The van der Waals surface area contributed by atoms with Gasteiger partial charge >= 0.3 is 0 Å². The number of benzene rings is 2. The summed E-state index contributed by atoms with van der Waals surface area (Å²) in [6.07, 6.45) is -0.259. The molecule has 1 amide bonds. The summed E-state index contributed by atoms with van der Waals surface area (Å²) in [5, 5.41) is 11.4. The number of aliphatic hydroxyl groups is 1. The lowest BCUT2D eigenvalue weighted by Gasteiger charge is -2.31. The van der Waals surface area contributed by atoms with Crippen molar-refractivity contribution in [3.8, 4) is 23.0 Å². The van der Waals surface area contributed by atoms with Crippen molar-refractivity contribution in [3.63, 3.8) is 0 Å². The Kier molecular flexibility index (Phi) is 9.16. The van der Waals surface area contributed by atoms with Gasteiger partial charge in [-0.1, -0.05) is 0 Å². The number of methoxy groups -OCH3 is 3. The van der Waals surface area contributed by atoms with Gasteiger partial charge in [0.05, 0.1) is 52.3 Å². The highest BCUT2D eigenvalue weighted by Crippen LogP contribution is 2.45. The van der Waals surface area contributed by atoms with Gasteiger partial charge in [-0.3, -0.25) is 14.5 Å². The number of halogens is 1. The fourth-order valence-corrected chi connectivity index (χ4v) is 4.94. The van der Waals surface area contributed by atoms with E-state index in [2.05, 4.69) is 4.90 Å². The minimum atomic E-state index is -0.996. The molecule has 1 atom stereocenters. The zero-order valence-electron chi connectivity index (χ0n) is 23.4. The number of nitrogens with zero attached hydrogens (tertiary/aromatic N) is 2. The molecular weight excluding hydrogens is 523 g/mol. The van der Waals surface area contributed by atoms with Crippen LogP contribution >= 0.6 is 0 Å². The number of morpholine rings is 1. The van der Waals surface area contributed by atoms with Gasteiger partial charge in [-0.15, -0.1) is 0 Å². The van der Waals surface area contributed by atoms with Crippen LogP contribution in [0.1, 0.15) is 31.0 Å². The van der Waals surface area contributed by atoms with Crippen LogP contribution in [0.2, 0.25) is 0 Å². The number of hydrogen-bond donors (Lipinski definition) is 1. The number of carbonyl (C=O) groups is 2. The van der Waals surface area contributed by atoms with Crippen molar-refractivity contribution in [1.29, 1.82) is 0 Å². The molecule has 0 aliphatic carbocycles. The van der Waals surface area contributed by atoms with Gasteiger partial charge in [0.15, 0.2) is 23.1 Å². The number of hydrogen-bond acceptors (Lipinski definition) is 9. The lowest BCUT2D eigenvalue weighted by atomic mass is 9.94. The number of Topliss-reactive ketones (excluding diaryl/α,β-unsaturated/α-hetero) is 1. The summed E-state index contributed by atoms with van der Waals surface area (Å²) in [7, 11) is 4.38. The molecule has 0 unspecified atom stereocenters. The molecule has 2 aromatic carbocycles. The van der Waals surface area contributed by atoms with Crippen LogP contribution in [0.25, 0.3) is 5.76 Å². The van der Waals surface area contributed by atoms with Gasteiger partial charge in [-0.05, 0) is 49.7 Å². The average molecular weight is 559 g/mol. The standard InChI is InChI=1S/C29H35FN2O8/c1-17(2)40-21-7-6-18(14-20(21)30)26(33)24-25(19-15-22(36-3)28(38-5)23(16-19)37-4)32(29(35)27(24)34)9-8-31-10-12-39-13-11-31/h6-7,14-17,25,33H,8-13H2,1-5H3/t25-/m1/s1. The highest BCUT2D eigenvalue weighted by Gasteiger charge is 2.46. The minimum Gasteiger partial charge on any atom is -0.507 e. The molecule has 0 radical (unpaired) electrons. The summed E-state index contributed by atoms with van der Waals surface area (Å²) in [6.45, 7) is 6.79. The van der Waals surface area contributed by atoms with Crippen molar-refractivity contribution in [1.82, 2.24) is 9.80 Å². The molecule has 2 heterocycles. The molecule has 11 heteroatoms. The Morgan fingerprint density at radius 3 is 2.20 bits per heavy atom. The van der Waals surface area contributed by atoms with Crippen molar-refractivity contribution >= 4 is 17.4 Å². The first kappa shape index (κ1) is 29.2. The van der Waals surface area contributed by atoms with Gasteiger partial charge in [-0.25, -0.2) is 4.39 Å². The normalized spacial score (nSPS) is 19.3. The Morgan fingerprint density at radius 1 is 1.00 bits per heavy atom. The Balaban J connectivity index is 1.83. The maximum Gasteiger partial charge on any atom is 0.295 e. The van der Waals surface area contributed by atoms with Gasteiger partial charge in [0.1, 0.15) is 5.76 Å². The summed E-state index contributed by atoms with van der Waals surface area (Å²) in [5.74, 6) is -1.87. The molecular formula is C29H35FN2O8. The molecule has 1 N–H and O–H groups in total. The second-order valence-corrected chi connectivity index (χ2v) is 9.72. The lowest BCUT2D eigenvalue weighted by Crippen LogP contribution is -2.42. The summed E-state index contributed by atoms with van der Waals surface area (Å²) in [5.41, 5.74) is 0.327. The molecule has 2 aliphatic heterocycles. The summed E-state index contributed by atoms with van der Waals surface area (Å²) in [4.78, 5) is 30.4. The Hall–Kier alpha value is -3.83. The molecule has 4 rings (SSSR count). The van der Waals surface area contributed by atoms with Crippen molar-refractivity contribution in [3.05, 3.63) is 52.8 Å². The zero-order chi connectivity index (χ0) is 29.0. The molecule has 0 aromatic heterocycles. The molecule has 216 valence electrons. The molecule has 0 saturated carbocycles. The van der Waals surface area contributed by atoms with Crippen molar-refractivity contribution < 1.29 is 42.8 Å². The second-order valence-electron chi connectivity index (χ2n) is 9.72. The van der Waals surface area contributed by atoms with E-state index >= 15 is 0 Å². The third-order valence-corrected chi connectivity index (χ3v) is 6.87. The molecule has 0 spiro atoms. The first-order valence-corrected chi connectivity index (χ1v) is 13.0. The Morgan fingerprint density at radius 2 is 1.65 bits per heavy atom. The highest BCUT2D eigenvalue weighted by molar-refractivity contribution is 6.46. The second kappa shape index (κ2) is 12.6. The van der Waals surface area contributed by atoms with Crippen LogP contribution in [0.3, 0.4) is 0 Å². The summed E-state index contributed by atoms with van der Waals surface area (Å²) >= 11 is 0. The number of aliphatic hydroxyl groups excluding tert-OH is 1. The summed E-state index contributed by atoms with van der Waals surface area (Å²) < 4.78 is 42.2. The number of amides is 1. The molecule has 2 fully saturated rings. The van der Waals surface area contributed by atoms with Gasteiger partial charge in [0, 0.05) is 31.7 Å². The molecule has 2 aromatic rings. The lowest BCUT2D eigenvalue weighted by molar-refractivity contribution is -0.140. The van der Waals surface area contributed by atoms with Gasteiger partial charge in [-0.2, -0.15) is 0 Å². The summed E-state index contributed by atoms with van der Waals surface area (Å²) in [6, 6.07) is 6.18. The predicted octanol–water partition coefficient (Wildman–Crippen LogP) is 3.39. The average Bonchev–Trinajstić information content (AvgIpc) is 3.21. The quantitative estimate of drug-likeness (QED) is 0.267. The van der Waals surface area contributed by atoms with Crippen LogP contribution in [0.4, 0.5) is 4.39 Å². The van der Waals surface area contributed by atoms with E-state index in [1.807, 2.05) is 0 Å². The zero-order valence-corrected chi connectivity index (χ0v) is 23.4. The van der Waals surface area contributed by atoms with E-state index in [0.717, 1.165) is 6.07 Å². The fourth-order valence-electron chi connectivity index (χ4n) is 4.94. The highest BCUT2D eigenvalue weighted by atomic mass is 19.1. The SMILES string of the molecule is COc1cc([C@@H]2C(=C(O)c3ccc(OC(C)C)c(F)c3)C(=O)C(=O)N2CCN2CCOCC2)cc(OC)c1OC. The molecule has 10 nitrogen and oxygen atoms in total. The topological polar surface area (TPSA) is 107 Å². The van der Waals surface area contributed by atoms with Crippen molar-refractivity contribution in [2.45, 2.75) is 26.0 Å². The van der Waals surface area contributed by atoms with Gasteiger partial charge < -0.3 is 33.7 Å². The fraction of sp³-hybridized carbons (Fsp3) is 0.448. The number of ketones is 1. The smallest absolute Gasteiger partial charge is 0.295 e. The molecule has 2 saturated heterocycles. The number of ether oxygens (including phenoxy) is 5. The van der Waals surface area contributed by atoms with E-state index in [1.165, 1.54) is 38.4 Å². The molecule has 0 bridgehead atoms. The van der Waals surface area contributed by atoms with Crippen LogP contribution in [0, 0.1) is 5.82 Å². The predicted molar refractivity (Wildman–Crippen MR) is 145 cm³/mol. The molecule has 2 aliphatic rings. The van der Waals surface area contributed by atoms with Crippen LogP contribution in [-0.4, -0.2) is 93.4 Å². The van der Waals surface area contributed by atoms with Crippen molar-refractivity contribution in [2.24, 2.45) is 0 Å². The third kappa shape index (κ3) is 5.85. The Bertz CT molecular complexity index is 1260. The van der Waals surface area contributed by atoms with Crippen LogP contribution in [-0.2, 0) is 14.3 Å². The van der Waals surface area contributed by atoms with Crippen molar-refractivity contribution in [2.75, 3.05) is 60.7 Å². The number of likely N-dealkylation sites (tertiary alicyclic amines) is 1. The van der Waals surface area contributed by atoms with Crippen LogP contribution in [0.5, 0.6) is 23.0 Å². The maximum atomic E-state index is 14.9. The van der Waals surface area contributed by atoms with Gasteiger partial charge in [0.25, 0.3) is 11.7 Å². The van der Waals surface area contributed by atoms with E-state index in [4.69, 9.17) is 23.7 Å². The van der Waals surface area contributed by atoms with Crippen LogP contribution in [0.15, 0.2) is 35.9 Å². The maximum absolute atomic E-state index is 14.9. The first-order chi connectivity index (χ1) is 19.2. The molecule has 40 heavy (non-hydrogen) atoms. The number of rotatable bonds is 10. The van der Waals surface area contributed by atoms with E-state index in [-0.39, 0.29) is 29.5 Å².